The third kappa shape index (κ3) is 2.57. The number of nitrogens with two attached hydrogens (primary N) is 1. The molecule has 1 unspecified atom stereocenters. The largest absolute Gasteiger partial charge is 0.481 e. The molecule has 0 radical (unpaired) electrons. The molecule has 5 heteroatoms. The minimum absolute atomic E-state index is 0.0347. The van der Waals surface area contributed by atoms with E-state index in [1.54, 1.807) is 12.1 Å². The molecule has 0 amide bonds. The monoisotopic (exact) mass is 216 g/mol. The molecule has 0 bridgehead atoms. The molecule has 0 saturated carbocycles. The summed E-state index contributed by atoms with van der Waals surface area (Å²) in [5.74, 6) is 0.415. The number of hydrogen-bond donors (Lipinski definition) is 2. The van der Waals surface area contributed by atoms with Crippen molar-refractivity contribution in [2.24, 2.45) is 5.73 Å². The van der Waals surface area contributed by atoms with E-state index in [-0.39, 0.29) is 12.6 Å². The first-order chi connectivity index (χ1) is 6.69. The minimum atomic E-state index is -0.278. The van der Waals surface area contributed by atoms with Crippen LogP contribution in [0.5, 0.6) is 5.88 Å². The third-order valence-corrected chi connectivity index (χ3v) is 2.10. The number of rotatable bonds is 4. The molecule has 4 nitrogen and oxygen atoms in total. The van der Waals surface area contributed by atoms with E-state index in [4.69, 9.17) is 27.2 Å². The fraction of sp³-hybridized carbons (Fsp3) is 0.444. The number of ether oxygens (including phenoxy) is 1. The highest BCUT2D eigenvalue weighted by molar-refractivity contribution is 6.29. The van der Waals surface area contributed by atoms with Crippen LogP contribution in [-0.4, -0.2) is 23.8 Å². The highest BCUT2D eigenvalue weighted by atomic mass is 35.5. The molecule has 1 aromatic heterocycles. The molecule has 0 spiro atoms. The Morgan fingerprint density at radius 1 is 1.64 bits per heavy atom. The Morgan fingerprint density at radius 2 is 2.36 bits per heavy atom. The molecule has 78 valence electrons. The summed E-state index contributed by atoms with van der Waals surface area (Å²) in [4.78, 5) is 3.98. The predicted octanol–water partition coefficient (Wildman–Crippen LogP) is 1.13. The van der Waals surface area contributed by atoms with E-state index in [0.29, 0.717) is 17.5 Å². The Labute approximate surface area is 87.7 Å². The zero-order chi connectivity index (χ0) is 10.6. The van der Waals surface area contributed by atoms with Gasteiger partial charge < -0.3 is 15.6 Å². The normalized spacial score (nSPS) is 12.6. The van der Waals surface area contributed by atoms with Gasteiger partial charge in [-0.15, -0.1) is 0 Å². The fourth-order valence-corrected chi connectivity index (χ4v) is 1.31. The molecule has 0 aliphatic carbocycles. The van der Waals surface area contributed by atoms with Crippen LogP contribution in [0.15, 0.2) is 12.1 Å². The molecule has 1 atom stereocenters. The molecule has 0 aliphatic rings. The molecular formula is C9H13ClN2O2. The van der Waals surface area contributed by atoms with Gasteiger partial charge in [-0.2, -0.15) is 0 Å². The number of aliphatic hydroxyl groups excluding tert-OH is 1. The third-order valence-electron chi connectivity index (χ3n) is 1.89. The van der Waals surface area contributed by atoms with Crippen LogP contribution in [0.4, 0.5) is 0 Å². The smallest absolute Gasteiger partial charge is 0.219 e. The van der Waals surface area contributed by atoms with Crippen molar-refractivity contribution in [2.45, 2.75) is 12.5 Å². The van der Waals surface area contributed by atoms with Crippen LogP contribution in [0.1, 0.15) is 18.0 Å². The van der Waals surface area contributed by atoms with Gasteiger partial charge in [-0.1, -0.05) is 11.6 Å². The van der Waals surface area contributed by atoms with Crippen molar-refractivity contribution in [3.05, 3.63) is 22.8 Å². The van der Waals surface area contributed by atoms with Crippen molar-refractivity contribution in [3.63, 3.8) is 0 Å². The van der Waals surface area contributed by atoms with E-state index in [1.165, 1.54) is 7.11 Å². The Hall–Kier alpha value is -0.840. The van der Waals surface area contributed by atoms with Crippen LogP contribution in [0.3, 0.4) is 0 Å². The van der Waals surface area contributed by atoms with E-state index in [1.807, 2.05) is 0 Å². The van der Waals surface area contributed by atoms with Gasteiger partial charge in [0.2, 0.25) is 5.88 Å². The maximum atomic E-state index is 8.75. The first kappa shape index (κ1) is 11.2. The zero-order valence-electron chi connectivity index (χ0n) is 7.90. The van der Waals surface area contributed by atoms with Crippen molar-refractivity contribution >= 4 is 11.6 Å². The highest BCUT2D eigenvalue weighted by Crippen LogP contribution is 2.25. The van der Waals surface area contributed by atoms with Gasteiger partial charge in [0.1, 0.15) is 5.15 Å². The van der Waals surface area contributed by atoms with E-state index in [0.717, 1.165) is 5.56 Å². The van der Waals surface area contributed by atoms with Crippen LogP contribution in [0.2, 0.25) is 5.15 Å². The fourth-order valence-electron chi connectivity index (χ4n) is 1.17. The summed E-state index contributed by atoms with van der Waals surface area (Å²) in [6.45, 7) is 0.0347. The molecule has 1 heterocycles. The molecule has 0 saturated heterocycles. The van der Waals surface area contributed by atoms with E-state index in [2.05, 4.69) is 4.98 Å². The van der Waals surface area contributed by atoms with Gasteiger partial charge in [0.05, 0.1) is 7.11 Å². The summed E-state index contributed by atoms with van der Waals surface area (Å²) >= 11 is 5.70. The number of halogens is 1. The lowest BCUT2D eigenvalue weighted by atomic mass is 10.1. The van der Waals surface area contributed by atoms with Crippen molar-refractivity contribution in [2.75, 3.05) is 13.7 Å². The lowest BCUT2D eigenvalue weighted by molar-refractivity contribution is 0.274. The van der Waals surface area contributed by atoms with Crippen molar-refractivity contribution in [1.29, 1.82) is 0 Å². The SMILES string of the molecule is COc1nc(Cl)ccc1C(N)CCO. The summed E-state index contributed by atoms with van der Waals surface area (Å²) in [6.07, 6.45) is 0.472. The molecule has 3 N–H and O–H groups in total. The van der Waals surface area contributed by atoms with Crippen LogP contribution < -0.4 is 10.5 Å². The maximum absolute atomic E-state index is 8.75. The lowest BCUT2D eigenvalue weighted by Gasteiger charge is -2.13. The van der Waals surface area contributed by atoms with E-state index < -0.39 is 0 Å². The number of methoxy groups -OCH3 is 1. The molecule has 1 rings (SSSR count). The number of hydrogen-bond acceptors (Lipinski definition) is 4. The second-order valence-corrected chi connectivity index (χ2v) is 3.24. The first-order valence-electron chi connectivity index (χ1n) is 4.26. The number of aliphatic hydroxyl groups is 1. The Kier molecular flexibility index (Phi) is 4.13. The van der Waals surface area contributed by atoms with Gasteiger partial charge in [-0.25, -0.2) is 4.98 Å². The van der Waals surface area contributed by atoms with Crippen molar-refractivity contribution in [3.8, 4) is 5.88 Å². The summed E-state index contributed by atoms with van der Waals surface area (Å²) in [5.41, 5.74) is 6.56. The van der Waals surface area contributed by atoms with Crippen LogP contribution in [0, 0.1) is 0 Å². The van der Waals surface area contributed by atoms with Crippen LogP contribution in [-0.2, 0) is 0 Å². The molecule has 0 fully saturated rings. The second kappa shape index (κ2) is 5.14. The molecule has 0 aromatic carbocycles. The number of nitrogens with zero attached hydrogens (tertiary/aromatic N) is 1. The summed E-state index contributed by atoms with van der Waals surface area (Å²) < 4.78 is 5.04. The summed E-state index contributed by atoms with van der Waals surface area (Å²) in [5, 5.41) is 9.11. The van der Waals surface area contributed by atoms with Gasteiger partial charge in [0.15, 0.2) is 0 Å². The Balaban J connectivity index is 2.95. The van der Waals surface area contributed by atoms with E-state index in [9.17, 15) is 0 Å². The van der Waals surface area contributed by atoms with Gasteiger partial charge in [0.25, 0.3) is 0 Å². The van der Waals surface area contributed by atoms with E-state index >= 15 is 0 Å². The average molecular weight is 217 g/mol. The number of aromatic nitrogens is 1. The van der Waals surface area contributed by atoms with Crippen LogP contribution in [0.25, 0.3) is 0 Å². The van der Waals surface area contributed by atoms with Gasteiger partial charge >= 0.3 is 0 Å². The minimum Gasteiger partial charge on any atom is -0.481 e. The van der Waals surface area contributed by atoms with Gasteiger partial charge in [-0.3, -0.25) is 0 Å². The second-order valence-electron chi connectivity index (χ2n) is 2.85. The standard InChI is InChI=1S/C9H13ClN2O2/c1-14-9-6(7(11)4-5-13)2-3-8(10)12-9/h2-3,7,13H,4-5,11H2,1H3. The predicted molar refractivity (Wildman–Crippen MR) is 54.4 cm³/mol. The summed E-state index contributed by atoms with van der Waals surface area (Å²) in [6, 6.07) is 3.13. The van der Waals surface area contributed by atoms with Gasteiger partial charge in [0, 0.05) is 18.2 Å². The quantitative estimate of drug-likeness (QED) is 0.741. The van der Waals surface area contributed by atoms with Crippen molar-refractivity contribution in [1.82, 2.24) is 4.98 Å². The molecule has 14 heavy (non-hydrogen) atoms. The average Bonchev–Trinajstić information content (AvgIpc) is 2.17. The topological polar surface area (TPSA) is 68.4 Å². The number of pyridine rings is 1. The Bertz CT molecular complexity index is 307. The highest BCUT2D eigenvalue weighted by Gasteiger charge is 2.12. The van der Waals surface area contributed by atoms with Crippen molar-refractivity contribution < 1.29 is 9.84 Å². The molecular weight excluding hydrogens is 204 g/mol. The zero-order valence-corrected chi connectivity index (χ0v) is 8.66. The Morgan fingerprint density at radius 3 is 2.93 bits per heavy atom. The maximum Gasteiger partial charge on any atom is 0.219 e. The lowest BCUT2D eigenvalue weighted by Crippen LogP contribution is -2.13. The van der Waals surface area contributed by atoms with Gasteiger partial charge in [-0.05, 0) is 18.6 Å². The molecule has 1 aromatic rings. The van der Waals surface area contributed by atoms with Crippen LogP contribution >= 0.6 is 11.6 Å². The first-order valence-corrected chi connectivity index (χ1v) is 4.63. The summed E-state index contributed by atoms with van der Waals surface area (Å²) in [7, 11) is 1.51. The molecule has 0 aliphatic heterocycles.